The average Bonchev–Trinajstić information content (AvgIpc) is 2.46. The lowest BCUT2D eigenvalue weighted by Gasteiger charge is -2.09. The van der Waals surface area contributed by atoms with Crippen LogP contribution in [0, 0.1) is 24.2 Å². The Morgan fingerprint density at radius 2 is 2.04 bits per heavy atom. The normalized spacial score (nSPS) is 10.9. The molecule has 6 nitrogen and oxygen atoms in total. The number of hydrogen-bond acceptors (Lipinski definition) is 5. The molecule has 1 amide bonds. The summed E-state index contributed by atoms with van der Waals surface area (Å²) in [4.78, 5) is 15.3. The van der Waals surface area contributed by atoms with Gasteiger partial charge in [0.15, 0.2) is 0 Å². The molecule has 0 aliphatic carbocycles. The maximum Gasteiger partial charge on any atom is 0.264 e. The van der Waals surface area contributed by atoms with Crippen LogP contribution in [0.1, 0.15) is 21.5 Å². The number of pyridine rings is 1. The van der Waals surface area contributed by atoms with Crippen LogP contribution in [0.25, 0.3) is 11.1 Å². The summed E-state index contributed by atoms with van der Waals surface area (Å²) in [5.74, 6) is -1.59. The van der Waals surface area contributed by atoms with Crippen LogP contribution in [-0.4, -0.2) is 25.6 Å². The second-order valence-corrected chi connectivity index (χ2v) is 6.66. The van der Waals surface area contributed by atoms with Crippen molar-refractivity contribution in [3.05, 3.63) is 53.1 Å². The number of aryl methyl sites for hydroxylation is 1. The van der Waals surface area contributed by atoms with Gasteiger partial charge in [-0.2, -0.15) is 9.65 Å². The van der Waals surface area contributed by atoms with Crippen molar-refractivity contribution in [3.8, 4) is 17.2 Å². The van der Waals surface area contributed by atoms with Gasteiger partial charge >= 0.3 is 0 Å². The summed E-state index contributed by atoms with van der Waals surface area (Å²) in [5.41, 5.74) is 1.83. The molecule has 1 heterocycles. The molecule has 2 rings (SSSR count). The van der Waals surface area contributed by atoms with Gasteiger partial charge in [0.2, 0.25) is 16.0 Å². The maximum absolute atomic E-state index is 13.3. The van der Waals surface area contributed by atoms with Crippen LogP contribution in [0.4, 0.5) is 4.39 Å². The molecule has 1 aromatic heterocycles. The van der Waals surface area contributed by atoms with Gasteiger partial charge in [-0.1, -0.05) is 6.07 Å². The summed E-state index contributed by atoms with van der Waals surface area (Å²) < 4.78 is 37.3. The van der Waals surface area contributed by atoms with E-state index in [0.29, 0.717) is 16.7 Å². The van der Waals surface area contributed by atoms with E-state index < -0.39 is 21.9 Å². The van der Waals surface area contributed by atoms with Crippen LogP contribution in [-0.2, 0) is 10.0 Å². The first-order valence-corrected chi connectivity index (χ1v) is 8.29. The van der Waals surface area contributed by atoms with Gasteiger partial charge in [0.1, 0.15) is 11.6 Å². The number of hydrogen-bond donors (Lipinski definition) is 1. The summed E-state index contributed by atoms with van der Waals surface area (Å²) in [6.45, 7) is 1.71. The fourth-order valence-corrected chi connectivity index (χ4v) is 2.48. The minimum atomic E-state index is -3.65. The van der Waals surface area contributed by atoms with E-state index in [4.69, 9.17) is 5.26 Å². The van der Waals surface area contributed by atoms with E-state index in [1.165, 1.54) is 24.4 Å². The quantitative estimate of drug-likeness (QED) is 0.863. The molecule has 0 bridgehead atoms. The maximum atomic E-state index is 13.3. The fraction of sp³-hybridized carbons (Fsp3) is 0.133. The molecule has 0 aliphatic rings. The molecule has 0 saturated heterocycles. The molecule has 8 heteroatoms. The Bertz CT molecular complexity index is 933. The van der Waals surface area contributed by atoms with E-state index in [1.54, 1.807) is 19.1 Å². The second-order valence-electron chi connectivity index (χ2n) is 4.91. The number of amides is 1. The van der Waals surface area contributed by atoms with Gasteiger partial charge in [-0.3, -0.25) is 4.79 Å². The highest BCUT2D eigenvalue weighted by Crippen LogP contribution is 2.25. The Labute approximate surface area is 132 Å². The Balaban J connectivity index is 2.41. The number of carbonyl (C=O) groups excluding carboxylic acids is 1. The Morgan fingerprint density at radius 1 is 1.35 bits per heavy atom. The smallest absolute Gasteiger partial charge is 0.264 e. The van der Waals surface area contributed by atoms with E-state index in [9.17, 15) is 17.6 Å². The predicted molar refractivity (Wildman–Crippen MR) is 81.4 cm³/mol. The first-order valence-electron chi connectivity index (χ1n) is 6.40. The average molecular weight is 333 g/mol. The molecule has 0 radical (unpaired) electrons. The minimum Gasteiger partial charge on any atom is -0.268 e. The molecular formula is C15H12FN3O3S. The summed E-state index contributed by atoms with van der Waals surface area (Å²) >= 11 is 0. The lowest BCUT2D eigenvalue weighted by Crippen LogP contribution is -2.29. The third kappa shape index (κ3) is 3.90. The molecule has 1 aromatic carbocycles. The highest BCUT2D eigenvalue weighted by Gasteiger charge is 2.13. The van der Waals surface area contributed by atoms with E-state index in [-0.39, 0.29) is 11.1 Å². The first-order chi connectivity index (χ1) is 10.7. The van der Waals surface area contributed by atoms with Crippen molar-refractivity contribution in [1.82, 2.24) is 9.71 Å². The molecule has 0 unspecified atom stereocenters. The number of aromatic nitrogens is 1. The summed E-state index contributed by atoms with van der Waals surface area (Å²) in [6.07, 6.45) is 2.18. The van der Waals surface area contributed by atoms with Crippen LogP contribution in [0.2, 0.25) is 0 Å². The summed E-state index contributed by atoms with van der Waals surface area (Å²) in [7, 11) is -3.65. The molecule has 118 valence electrons. The van der Waals surface area contributed by atoms with Crippen LogP contribution < -0.4 is 4.72 Å². The van der Waals surface area contributed by atoms with E-state index in [0.717, 1.165) is 6.26 Å². The molecule has 0 aliphatic heterocycles. The Morgan fingerprint density at radius 3 is 2.61 bits per heavy atom. The number of benzene rings is 1. The number of carbonyl (C=O) groups is 1. The standard InChI is InChI=1S/C15H12FN3O3S/c1-9-5-10(15(20)19-23(2,21)22)3-4-13(9)12-6-11(7-17)14(16)18-8-12/h3-6,8H,1-2H3,(H,19,20). The zero-order chi connectivity index (χ0) is 17.2. The lowest BCUT2D eigenvalue weighted by atomic mass is 9.98. The van der Waals surface area contributed by atoms with Crippen molar-refractivity contribution in [2.24, 2.45) is 0 Å². The van der Waals surface area contributed by atoms with Crippen molar-refractivity contribution < 1.29 is 17.6 Å². The number of nitriles is 1. The first kappa shape index (κ1) is 16.6. The van der Waals surface area contributed by atoms with Crippen molar-refractivity contribution in [1.29, 1.82) is 5.26 Å². The molecule has 23 heavy (non-hydrogen) atoms. The van der Waals surface area contributed by atoms with E-state index in [2.05, 4.69) is 4.98 Å². The summed E-state index contributed by atoms with van der Waals surface area (Å²) in [6, 6.07) is 7.61. The Kier molecular flexibility index (Phi) is 4.43. The number of nitrogens with one attached hydrogen (secondary N) is 1. The fourth-order valence-electron chi connectivity index (χ4n) is 2.03. The molecule has 0 fully saturated rings. The van der Waals surface area contributed by atoms with Gasteiger partial charge in [0, 0.05) is 17.3 Å². The SMILES string of the molecule is Cc1cc(C(=O)NS(C)(=O)=O)ccc1-c1cnc(F)c(C#N)c1. The molecular weight excluding hydrogens is 321 g/mol. The highest BCUT2D eigenvalue weighted by molar-refractivity contribution is 7.89. The van der Waals surface area contributed by atoms with E-state index >= 15 is 0 Å². The van der Waals surface area contributed by atoms with Crippen LogP contribution >= 0.6 is 0 Å². The zero-order valence-corrected chi connectivity index (χ0v) is 13.1. The Hall–Kier alpha value is -2.79. The van der Waals surface area contributed by atoms with Crippen molar-refractivity contribution in [3.63, 3.8) is 0 Å². The second kappa shape index (κ2) is 6.14. The zero-order valence-electron chi connectivity index (χ0n) is 12.3. The topological polar surface area (TPSA) is 99.9 Å². The number of sulfonamides is 1. The van der Waals surface area contributed by atoms with Gasteiger partial charge < -0.3 is 0 Å². The van der Waals surface area contributed by atoms with Gasteiger partial charge in [-0.15, -0.1) is 0 Å². The number of nitrogens with zero attached hydrogens (tertiary/aromatic N) is 2. The molecule has 2 aromatic rings. The third-order valence-corrected chi connectivity index (χ3v) is 3.59. The monoisotopic (exact) mass is 333 g/mol. The molecule has 0 atom stereocenters. The minimum absolute atomic E-state index is 0.173. The predicted octanol–water partition coefficient (Wildman–Crippen LogP) is 1.76. The number of halogens is 1. The third-order valence-electron chi connectivity index (χ3n) is 3.04. The van der Waals surface area contributed by atoms with E-state index in [1.807, 2.05) is 4.72 Å². The van der Waals surface area contributed by atoms with Gasteiger partial charge in [-0.05, 0) is 36.2 Å². The van der Waals surface area contributed by atoms with Gasteiger partial charge in [0.25, 0.3) is 5.91 Å². The highest BCUT2D eigenvalue weighted by atomic mass is 32.2. The molecule has 0 saturated carbocycles. The largest absolute Gasteiger partial charge is 0.268 e. The summed E-state index contributed by atoms with van der Waals surface area (Å²) in [5, 5.41) is 8.84. The molecule has 1 N–H and O–H groups in total. The van der Waals surface area contributed by atoms with Crippen molar-refractivity contribution in [2.75, 3.05) is 6.26 Å². The van der Waals surface area contributed by atoms with Crippen LogP contribution in [0.5, 0.6) is 0 Å². The van der Waals surface area contributed by atoms with Crippen molar-refractivity contribution >= 4 is 15.9 Å². The van der Waals surface area contributed by atoms with Gasteiger partial charge in [0.05, 0.1) is 6.26 Å². The van der Waals surface area contributed by atoms with Gasteiger partial charge in [-0.25, -0.2) is 18.1 Å². The van der Waals surface area contributed by atoms with Crippen molar-refractivity contribution in [2.45, 2.75) is 6.92 Å². The van der Waals surface area contributed by atoms with Crippen LogP contribution in [0.3, 0.4) is 0 Å². The van der Waals surface area contributed by atoms with Crippen LogP contribution in [0.15, 0.2) is 30.5 Å². The lowest BCUT2D eigenvalue weighted by molar-refractivity contribution is 0.0981. The molecule has 0 spiro atoms. The number of rotatable bonds is 3.